The van der Waals surface area contributed by atoms with Crippen LogP contribution >= 0.6 is 12.4 Å². The Morgan fingerprint density at radius 2 is 1.68 bits per heavy atom. The summed E-state index contributed by atoms with van der Waals surface area (Å²) in [6, 6.07) is 5.63. The second-order valence-electron chi connectivity index (χ2n) is 6.52. The first-order valence-electron chi connectivity index (χ1n) is 8.69. The van der Waals surface area contributed by atoms with Gasteiger partial charge in [0.15, 0.2) is 0 Å². The van der Waals surface area contributed by atoms with E-state index in [1.54, 1.807) is 4.90 Å². The van der Waals surface area contributed by atoms with Gasteiger partial charge in [0.2, 0.25) is 5.91 Å². The van der Waals surface area contributed by atoms with Crippen molar-refractivity contribution in [1.29, 1.82) is 0 Å². The predicted molar refractivity (Wildman–Crippen MR) is 96.3 cm³/mol. The van der Waals surface area contributed by atoms with Crippen LogP contribution in [0.25, 0.3) is 0 Å². The maximum Gasteiger partial charge on any atom is 0.253 e. The first-order chi connectivity index (χ1) is 11.6. The molecule has 138 valence electrons. The number of carbonyl (C=O) groups excluding carboxylic acids is 2. The van der Waals surface area contributed by atoms with Crippen LogP contribution in [0.4, 0.5) is 4.39 Å². The highest BCUT2D eigenvalue weighted by Crippen LogP contribution is 2.16. The van der Waals surface area contributed by atoms with Crippen LogP contribution in [0.15, 0.2) is 24.3 Å². The van der Waals surface area contributed by atoms with Crippen LogP contribution in [-0.4, -0.2) is 60.9 Å². The van der Waals surface area contributed by atoms with Gasteiger partial charge in [-0.25, -0.2) is 4.39 Å². The topological polar surface area (TPSA) is 52.7 Å². The third kappa shape index (κ3) is 4.92. The third-order valence-corrected chi connectivity index (χ3v) is 4.83. The van der Waals surface area contributed by atoms with Crippen LogP contribution in [0.2, 0.25) is 0 Å². The number of nitrogens with one attached hydrogen (secondary N) is 1. The molecule has 0 aliphatic carbocycles. The van der Waals surface area contributed by atoms with Gasteiger partial charge in [-0.3, -0.25) is 9.59 Å². The summed E-state index contributed by atoms with van der Waals surface area (Å²) in [5.41, 5.74) is 0.493. The molecule has 2 fully saturated rings. The van der Waals surface area contributed by atoms with Crippen LogP contribution in [0.1, 0.15) is 29.6 Å². The van der Waals surface area contributed by atoms with Crippen molar-refractivity contribution in [2.45, 2.75) is 19.3 Å². The Balaban J connectivity index is 0.00000225. The Bertz CT molecular complexity index is 590. The van der Waals surface area contributed by atoms with Gasteiger partial charge in [0.05, 0.1) is 5.92 Å². The zero-order valence-corrected chi connectivity index (χ0v) is 15.1. The summed E-state index contributed by atoms with van der Waals surface area (Å²) in [5.74, 6) is -0.166. The summed E-state index contributed by atoms with van der Waals surface area (Å²) < 4.78 is 13.0. The second kappa shape index (κ2) is 9.15. The van der Waals surface area contributed by atoms with Gasteiger partial charge in [-0.05, 0) is 50.1 Å². The van der Waals surface area contributed by atoms with Crippen molar-refractivity contribution >= 4 is 24.2 Å². The number of nitrogens with zero attached hydrogens (tertiary/aromatic N) is 2. The molecule has 1 atom stereocenters. The van der Waals surface area contributed by atoms with E-state index in [2.05, 4.69) is 5.32 Å². The molecular weight excluding hydrogens is 345 g/mol. The lowest BCUT2D eigenvalue weighted by atomic mass is 9.98. The van der Waals surface area contributed by atoms with Crippen molar-refractivity contribution in [3.63, 3.8) is 0 Å². The van der Waals surface area contributed by atoms with Crippen LogP contribution in [-0.2, 0) is 4.79 Å². The SMILES string of the molecule is Cl.O=C(c1ccc(F)cc1)N1CCCN(C(=O)C2CCCNC2)CC1. The maximum absolute atomic E-state index is 13.0. The van der Waals surface area contributed by atoms with E-state index >= 15 is 0 Å². The predicted octanol–water partition coefficient (Wildman–Crippen LogP) is 1.92. The monoisotopic (exact) mass is 369 g/mol. The van der Waals surface area contributed by atoms with Gasteiger partial charge in [0.1, 0.15) is 5.82 Å². The Morgan fingerprint density at radius 3 is 2.36 bits per heavy atom. The standard InChI is InChI=1S/C18H24FN3O2.ClH/c19-16-6-4-14(5-7-16)17(23)21-9-2-10-22(12-11-21)18(24)15-3-1-8-20-13-15;/h4-7,15,20H,1-3,8-13H2;1H. The Morgan fingerprint density at radius 1 is 1.00 bits per heavy atom. The summed E-state index contributed by atoms with van der Waals surface area (Å²) in [5, 5.41) is 3.28. The van der Waals surface area contributed by atoms with Crippen molar-refractivity contribution in [3.8, 4) is 0 Å². The summed E-state index contributed by atoms with van der Waals surface area (Å²) in [7, 11) is 0. The molecule has 2 saturated heterocycles. The van der Waals surface area contributed by atoms with E-state index in [1.165, 1.54) is 24.3 Å². The number of carbonyl (C=O) groups is 2. The Kier molecular flexibility index (Phi) is 7.20. The highest BCUT2D eigenvalue weighted by Gasteiger charge is 2.28. The van der Waals surface area contributed by atoms with E-state index in [4.69, 9.17) is 0 Å². The number of halogens is 2. The molecular formula is C18H25ClFN3O2. The molecule has 0 saturated carbocycles. The van der Waals surface area contributed by atoms with Crippen molar-refractivity contribution < 1.29 is 14.0 Å². The molecule has 3 rings (SSSR count). The average molecular weight is 370 g/mol. The molecule has 1 N–H and O–H groups in total. The molecule has 25 heavy (non-hydrogen) atoms. The normalized spacial score (nSPS) is 21.2. The summed E-state index contributed by atoms with van der Waals surface area (Å²) in [4.78, 5) is 28.8. The average Bonchev–Trinajstić information content (AvgIpc) is 2.88. The zero-order valence-electron chi connectivity index (χ0n) is 14.2. The smallest absolute Gasteiger partial charge is 0.253 e. The van der Waals surface area contributed by atoms with Crippen LogP contribution in [0.5, 0.6) is 0 Å². The van der Waals surface area contributed by atoms with E-state index in [0.29, 0.717) is 31.7 Å². The molecule has 1 aromatic carbocycles. The largest absolute Gasteiger partial charge is 0.341 e. The zero-order chi connectivity index (χ0) is 16.9. The minimum absolute atomic E-state index is 0. The fourth-order valence-corrected chi connectivity index (χ4v) is 3.44. The quantitative estimate of drug-likeness (QED) is 0.866. The minimum atomic E-state index is -0.347. The molecule has 2 heterocycles. The molecule has 7 heteroatoms. The fraction of sp³-hybridized carbons (Fsp3) is 0.556. The van der Waals surface area contributed by atoms with E-state index in [9.17, 15) is 14.0 Å². The van der Waals surface area contributed by atoms with Crippen LogP contribution in [0.3, 0.4) is 0 Å². The highest BCUT2D eigenvalue weighted by atomic mass is 35.5. The van der Waals surface area contributed by atoms with Gasteiger partial charge >= 0.3 is 0 Å². The first-order valence-corrected chi connectivity index (χ1v) is 8.69. The number of piperidine rings is 1. The van der Waals surface area contributed by atoms with E-state index in [-0.39, 0.29) is 36.0 Å². The number of rotatable bonds is 2. The minimum Gasteiger partial charge on any atom is -0.341 e. The first kappa shape index (κ1) is 19.7. The van der Waals surface area contributed by atoms with Crippen LogP contribution < -0.4 is 5.32 Å². The van der Waals surface area contributed by atoms with E-state index in [1.807, 2.05) is 4.90 Å². The van der Waals surface area contributed by atoms with Gasteiger partial charge in [-0.2, -0.15) is 0 Å². The molecule has 2 aliphatic heterocycles. The maximum atomic E-state index is 13.0. The Hall–Kier alpha value is -1.66. The molecule has 0 radical (unpaired) electrons. The van der Waals surface area contributed by atoms with Crippen LogP contribution in [0, 0.1) is 11.7 Å². The number of amides is 2. The number of benzene rings is 1. The Labute approximate surface area is 154 Å². The molecule has 0 spiro atoms. The lowest BCUT2D eigenvalue weighted by Gasteiger charge is -2.29. The summed E-state index contributed by atoms with van der Waals surface area (Å²) in [6.07, 6.45) is 2.76. The molecule has 5 nitrogen and oxygen atoms in total. The molecule has 1 aromatic rings. The van der Waals surface area contributed by atoms with Crippen molar-refractivity contribution in [1.82, 2.24) is 15.1 Å². The highest BCUT2D eigenvalue weighted by molar-refractivity contribution is 5.94. The summed E-state index contributed by atoms with van der Waals surface area (Å²) in [6.45, 7) is 4.17. The van der Waals surface area contributed by atoms with E-state index in [0.717, 1.165) is 32.4 Å². The molecule has 0 aromatic heterocycles. The van der Waals surface area contributed by atoms with Crippen molar-refractivity contribution in [3.05, 3.63) is 35.6 Å². The van der Waals surface area contributed by atoms with E-state index < -0.39 is 0 Å². The lowest BCUT2D eigenvalue weighted by molar-refractivity contribution is -0.135. The summed E-state index contributed by atoms with van der Waals surface area (Å²) >= 11 is 0. The van der Waals surface area contributed by atoms with Gasteiger partial charge in [-0.1, -0.05) is 0 Å². The van der Waals surface area contributed by atoms with Gasteiger partial charge in [0.25, 0.3) is 5.91 Å². The molecule has 0 bridgehead atoms. The van der Waals surface area contributed by atoms with Crippen molar-refractivity contribution in [2.24, 2.45) is 5.92 Å². The van der Waals surface area contributed by atoms with Crippen molar-refractivity contribution in [2.75, 3.05) is 39.3 Å². The molecule has 2 aliphatic rings. The second-order valence-corrected chi connectivity index (χ2v) is 6.52. The fourth-order valence-electron chi connectivity index (χ4n) is 3.44. The molecule has 2 amide bonds. The number of hydrogen-bond donors (Lipinski definition) is 1. The van der Waals surface area contributed by atoms with Gasteiger partial charge in [-0.15, -0.1) is 12.4 Å². The lowest BCUT2D eigenvalue weighted by Crippen LogP contribution is -2.44. The third-order valence-electron chi connectivity index (χ3n) is 4.83. The van der Waals surface area contributed by atoms with Gasteiger partial charge < -0.3 is 15.1 Å². The van der Waals surface area contributed by atoms with Gasteiger partial charge in [0, 0.05) is 38.3 Å². The molecule has 1 unspecified atom stereocenters. The number of hydrogen-bond acceptors (Lipinski definition) is 3.